The summed E-state index contributed by atoms with van der Waals surface area (Å²) >= 11 is 0. The Balaban J connectivity index is 1.51. The maximum atomic E-state index is 12.1. The maximum Gasteiger partial charge on any atom is 0.225 e. The number of aryl methyl sites for hydroxylation is 2. The standard InChI is InChI=1S/C25H30N6O/c1-4-26-25(28-16-20-14-24(32)29-22-11-7-6-10-21(20)22)27-15-19-9-5-8-12-23(19)31-18(3)13-17(2)30-31/h5-13,20H,4,14-16H2,1-3H3,(H,29,32)(H2,26,27,28). The van der Waals surface area contributed by atoms with Crippen molar-refractivity contribution in [3.05, 3.63) is 77.1 Å². The predicted octanol–water partition coefficient (Wildman–Crippen LogP) is 3.67. The summed E-state index contributed by atoms with van der Waals surface area (Å²) in [5.74, 6) is 0.890. The van der Waals surface area contributed by atoms with Gasteiger partial charge in [-0.15, -0.1) is 0 Å². The van der Waals surface area contributed by atoms with Crippen LogP contribution in [-0.4, -0.2) is 34.7 Å². The Kier molecular flexibility index (Phi) is 6.54. The fourth-order valence-corrected chi connectivity index (χ4v) is 4.13. The molecule has 2 aromatic carbocycles. The van der Waals surface area contributed by atoms with Crippen molar-refractivity contribution in [2.45, 2.75) is 39.7 Å². The zero-order valence-corrected chi connectivity index (χ0v) is 18.9. The number of para-hydroxylation sites is 2. The van der Waals surface area contributed by atoms with E-state index in [2.05, 4.69) is 52.2 Å². The minimum atomic E-state index is 0.0521. The Morgan fingerprint density at radius 3 is 2.72 bits per heavy atom. The van der Waals surface area contributed by atoms with Gasteiger partial charge in [0.05, 0.1) is 17.9 Å². The van der Waals surface area contributed by atoms with Crippen LogP contribution in [0.3, 0.4) is 0 Å². The number of carbonyl (C=O) groups excluding carboxylic acids is 1. The van der Waals surface area contributed by atoms with Gasteiger partial charge < -0.3 is 16.0 Å². The van der Waals surface area contributed by atoms with E-state index < -0.39 is 0 Å². The topological polar surface area (TPSA) is 83.3 Å². The number of fused-ring (bicyclic) bond motifs is 1. The first-order valence-corrected chi connectivity index (χ1v) is 11.1. The number of nitrogens with zero attached hydrogens (tertiary/aromatic N) is 3. The first kappa shape index (κ1) is 21.6. The minimum Gasteiger partial charge on any atom is -0.357 e. The molecule has 1 aliphatic rings. The molecule has 0 bridgehead atoms. The molecule has 3 N–H and O–H groups in total. The monoisotopic (exact) mass is 430 g/mol. The van der Waals surface area contributed by atoms with E-state index in [-0.39, 0.29) is 11.8 Å². The van der Waals surface area contributed by atoms with Gasteiger partial charge in [0.25, 0.3) is 0 Å². The summed E-state index contributed by atoms with van der Waals surface area (Å²) in [6, 6.07) is 18.3. The molecule has 0 radical (unpaired) electrons. The van der Waals surface area contributed by atoms with Crippen LogP contribution in [-0.2, 0) is 11.3 Å². The molecule has 0 saturated heterocycles. The molecule has 4 rings (SSSR count). The van der Waals surface area contributed by atoms with Crippen molar-refractivity contribution in [2.24, 2.45) is 4.99 Å². The highest BCUT2D eigenvalue weighted by molar-refractivity contribution is 5.94. The molecule has 1 amide bonds. The van der Waals surface area contributed by atoms with Gasteiger partial charge in [0.15, 0.2) is 5.96 Å². The minimum absolute atomic E-state index is 0.0521. The average Bonchev–Trinajstić information content (AvgIpc) is 3.13. The molecule has 2 heterocycles. The first-order valence-electron chi connectivity index (χ1n) is 11.1. The predicted molar refractivity (Wildman–Crippen MR) is 128 cm³/mol. The molecule has 1 aliphatic heterocycles. The summed E-state index contributed by atoms with van der Waals surface area (Å²) in [6.45, 7) is 8.02. The van der Waals surface area contributed by atoms with Gasteiger partial charge in [-0.25, -0.2) is 9.67 Å². The Morgan fingerprint density at radius 2 is 1.94 bits per heavy atom. The van der Waals surface area contributed by atoms with Crippen LogP contribution in [0.15, 0.2) is 59.6 Å². The van der Waals surface area contributed by atoms with E-state index in [0.29, 0.717) is 19.5 Å². The van der Waals surface area contributed by atoms with Crippen LogP contribution in [0.25, 0.3) is 5.69 Å². The normalized spacial score (nSPS) is 15.8. The smallest absolute Gasteiger partial charge is 0.225 e. The van der Waals surface area contributed by atoms with Gasteiger partial charge in [-0.2, -0.15) is 5.10 Å². The lowest BCUT2D eigenvalue weighted by Gasteiger charge is -2.26. The molecular weight excluding hydrogens is 400 g/mol. The second kappa shape index (κ2) is 9.68. The number of aliphatic imine (C=N–C) groups is 1. The van der Waals surface area contributed by atoms with Crippen molar-refractivity contribution in [2.75, 3.05) is 18.4 Å². The van der Waals surface area contributed by atoms with Gasteiger partial charge in [-0.1, -0.05) is 36.4 Å². The molecule has 3 aromatic rings. The van der Waals surface area contributed by atoms with E-state index >= 15 is 0 Å². The Labute approximate surface area is 189 Å². The molecule has 1 atom stereocenters. The van der Waals surface area contributed by atoms with Crippen LogP contribution in [0, 0.1) is 13.8 Å². The second-order valence-corrected chi connectivity index (χ2v) is 8.08. The van der Waals surface area contributed by atoms with Crippen LogP contribution < -0.4 is 16.0 Å². The Hall–Kier alpha value is -3.61. The Bertz CT molecular complexity index is 1130. The first-order chi connectivity index (χ1) is 15.5. The summed E-state index contributed by atoms with van der Waals surface area (Å²) in [7, 11) is 0. The highest BCUT2D eigenvalue weighted by atomic mass is 16.1. The van der Waals surface area contributed by atoms with Crippen LogP contribution in [0.2, 0.25) is 0 Å². The van der Waals surface area contributed by atoms with Gasteiger partial charge in [0, 0.05) is 36.8 Å². The number of hydrogen-bond donors (Lipinski definition) is 3. The highest BCUT2D eigenvalue weighted by Crippen LogP contribution is 2.31. The van der Waals surface area contributed by atoms with E-state index in [1.165, 1.54) is 0 Å². The van der Waals surface area contributed by atoms with Gasteiger partial charge in [0.2, 0.25) is 5.91 Å². The number of benzene rings is 2. The van der Waals surface area contributed by atoms with E-state index in [1.807, 2.05) is 48.9 Å². The lowest BCUT2D eigenvalue weighted by atomic mass is 9.90. The summed E-state index contributed by atoms with van der Waals surface area (Å²) in [5, 5.41) is 14.3. The third kappa shape index (κ3) is 4.82. The van der Waals surface area contributed by atoms with Crippen molar-refractivity contribution in [3.63, 3.8) is 0 Å². The molecule has 32 heavy (non-hydrogen) atoms. The molecule has 0 saturated carbocycles. The lowest BCUT2D eigenvalue weighted by Crippen LogP contribution is -2.40. The summed E-state index contributed by atoms with van der Waals surface area (Å²) in [5.41, 5.74) is 6.28. The molecule has 7 heteroatoms. The molecule has 1 unspecified atom stereocenters. The number of guanidine groups is 1. The average molecular weight is 431 g/mol. The quantitative estimate of drug-likeness (QED) is 0.412. The molecule has 166 valence electrons. The van der Waals surface area contributed by atoms with Crippen LogP contribution >= 0.6 is 0 Å². The molecule has 7 nitrogen and oxygen atoms in total. The van der Waals surface area contributed by atoms with Gasteiger partial charge in [-0.05, 0) is 50.1 Å². The van der Waals surface area contributed by atoms with Crippen LogP contribution in [0.1, 0.15) is 41.8 Å². The number of rotatable bonds is 6. The molecule has 1 aromatic heterocycles. The molecule has 0 fully saturated rings. The molecular formula is C25H30N6O. The van der Waals surface area contributed by atoms with Gasteiger partial charge in [0.1, 0.15) is 0 Å². The molecule has 0 aliphatic carbocycles. The second-order valence-electron chi connectivity index (χ2n) is 8.08. The maximum absolute atomic E-state index is 12.1. The van der Waals surface area contributed by atoms with Crippen LogP contribution in [0.4, 0.5) is 5.69 Å². The molecule has 0 spiro atoms. The van der Waals surface area contributed by atoms with E-state index in [1.54, 1.807) is 0 Å². The van der Waals surface area contributed by atoms with E-state index in [0.717, 1.165) is 46.4 Å². The van der Waals surface area contributed by atoms with Gasteiger partial charge >= 0.3 is 0 Å². The number of nitrogens with one attached hydrogen (secondary N) is 3. The summed E-state index contributed by atoms with van der Waals surface area (Å²) in [4.78, 5) is 16.9. The summed E-state index contributed by atoms with van der Waals surface area (Å²) in [6.07, 6.45) is 0.462. The number of anilines is 1. The third-order valence-electron chi connectivity index (χ3n) is 5.60. The van der Waals surface area contributed by atoms with Crippen LogP contribution in [0.5, 0.6) is 0 Å². The van der Waals surface area contributed by atoms with Crippen molar-refractivity contribution in [3.8, 4) is 5.69 Å². The number of aromatic nitrogens is 2. The third-order valence-corrected chi connectivity index (χ3v) is 5.60. The number of amides is 1. The van der Waals surface area contributed by atoms with Crippen molar-refractivity contribution >= 4 is 17.6 Å². The van der Waals surface area contributed by atoms with Crippen molar-refractivity contribution in [1.29, 1.82) is 0 Å². The fourth-order valence-electron chi connectivity index (χ4n) is 4.13. The number of carbonyl (C=O) groups is 1. The number of hydrogen-bond acceptors (Lipinski definition) is 3. The summed E-state index contributed by atoms with van der Waals surface area (Å²) < 4.78 is 1.97. The largest absolute Gasteiger partial charge is 0.357 e. The lowest BCUT2D eigenvalue weighted by molar-refractivity contribution is -0.116. The fraction of sp³-hybridized carbons (Fsp3) is 0.320. The van der Waals surface area contributed by atoms with E-state index in [4.69, 9.17) is 4.99 Å². The van der Waals surface area contributed by atoms with Crippen molar-refractivity contribution < 1.29 is 4.79 Å². The zero-order chi connectivity index (χ0) is 22.5. The zero-order valence-electron chi connectivity index (χ0n) is 18.9. The van der Waals surface area contributed by atoms with E-state index in [9.17, 15) is 4.79 Å². The van der Waals surface area contributed by atoms with Gasteiger partial charge in [-0.3, -0.25) is 4.79 Å². The highest BCUT2D eigenvalue weighted by Gasteiger charge is 2.24. The van der Waals surface area contributed by atoms with Crippen molar-refractivity contribution in [1.82, 2.24) is 20.4 Å². The SMILES string of the molecule is CCNC(=NCc1ccccc1-n1nc(C)cc1C)NCC1CC(=O)Nc2ccccc21. The Morgan fingerprint density at radius 1 is 1.16 bits per heavy atom.